The molecule has 13 heavy (non-hydrogen) atoms. The average Bonchev–Trinajstić information content (AvgIpc) is 2.03. The van der Waals surface area contributed by atoms with Crippen molar-refractivity contribution in [2.45, 2.75) is 19.0 Å². The van der Waals surface area contributed by atoms with Gasteiger partial charge in [0.2, 0.25) is 0 Å². The van der Waals surface area contributed by atoms with Crippen molar-refractivity contribution >= 4 is 5.97 Å². The van der Waals surface area contributed by atoms with Crippen LogP contribution in [0.4, 0.5) is 8.78 Å². The van der Waals surface area contributed by atoms with Crippen LogP contribution in [0, 0.1) is 5.92 Å². The second-order valence-electron chi connectivity index (χ2n) is 2.94. The highest BCUT2D eigenvalue weighted by atomic mass is 19.2. The number of carbonyl (C=O) groups is 1. The van der Waals surface area contributed by atoms with E-state index in [9.17, 15) is 18.7 Å². The molecular formula is C9H9F2O2-. The van der Waals surface area contributed by atoms with Gasteiger partial charge in [0.1, 0.15) is 11.5 Å². The number of rotatable bonds is 2. The van der Waals surface area contributed by atoms with Gasteiger partial charge in [-0.05, 0) is 18.6 Å². The lowest BCUT2D eigenvalue weighted by atomic mass is 9.82. The second-order valence-corrected chi connectivity index (χ2v) is 2.94. The lowest BCUT2D eigenvalue weighted by Crippen LogP contribution is -2.45. The van der Waals surface area contributed by atoms with Gasteiger partial charge in [0, 0.05) is 0 Å². The largest absolute Gasteiger partial charge is 0.549 e. The number of alkyl halides is 1. The normalized spacial score (nSPS) is 32.8. The Bertz CT molecular complexity index is 283. The Kier molecular flexibility index (Phi) is 2.50. The summed E-state index contributed by atoms with van der Waals surface area (Å²) in [5.74, 6) is -4.52. The first-order chi connectivity index (χ1) is 6.01. The minimum Gasteiger partial charge on any atom is -0.549 e. The number of carbonyl (C=O) groups excluding carboxylic acids is 1. The highest BCUT2D eigenvalue weighted by molar-refractivity contribution is 5.74. The fourth-order valence-corrected chi connectivity index (χ4v) is 1.35. The van der Waals surface area contributed by atoms with Gasteiger partial charge in [-0.1, -0.05) is 13.0 Å². The van der Waals surface area contributed by atoms with Crippen LogP contribution in [0.15, 0.2) is 24.1 Å². The maximum Gasteiger partial charge on any atom is 0.143 e. The van der Waals surface area contributed by atoms with Crippen molar-refractivity contribution in [2.75, 3.05) is 0 Å². The summed E-state index contributed by atoms with van der Waals surface area (Å²) in [5, 5.41) is 10.5. The Hall–Kier alpha value is -1.19. The van der Waals surface area contributed by atoms with Crippen molar-refractivity contribution in [1.82, 2.24) is 0 Å². The number of halogens is 2. The van der Waals surface area contributed by atoms with Crippen molar-refractivity contribution in [3.63, 3.8) is 0 Å². The number of carboxylic acids is 1. The maximum absolute atomic E-state index is 13.7. The number of allylic oxidation sites excluding steroid dienone is 3. The van der Waals surface area contributed by atoms with Crippen LogP contribution in [0.3, 0.4) is 0 Å². The second kappa shape index (κ2) is 3.28. The van der Waals surface area contributed by atoms with E-state index in [0.717, 1.165) is 12.2 Å². The summed E-state index contributed by atoms with van der Waals surface area (Å²) in [6, 6.07) is 0. The summed E-state index contributed by atoms with van der Waals surface area (Å²) in [7, 11) is 0. The molecule has 1 aliphatic carbocycles. The first-order valence-corrected chi connectivity index (χ1v) is 3.96. The van der Waals surface area contributed by atoms with Gasteiger partial charge >= 0.3 is 0 Å². The highest BCUT2D eigenvalue weighted by Gasteiger charge is 2.40. The molecule has 4 heteroatoms. The molecule has 0 aliphatic heterocycles. The van der Waals surface area contributed by atoms with Gasteiger partial charge in [0.25, 0.3) is 0 Å². The van der Waals surface area contributed by atoms with E-state index >= 15 is 0 Å². The molecule has 1 rings (SSSR count). The van der Waals surface area contributed by atoms with Gasteiger partial charge in [-0.2, -0.15) is 0 Å². The third-order valence-electron chi connectivity index (χ3n) is 2.16. The molecule has 0 heterocycles. The molecule has 0 aromatic rings. The van der Waals surface area contributed by atoms with Gasteiger partial charge in [0.05, 0.1) is 11.9 Å². The van der Waals surface area contributed by atoms with Crippen molar-refractivity contribution < 1.29 is 18.7 Å². The molecular weight excluding hydrogens is 178 g/mol. The quantitative estimate of drug-likeness (QED) is 0.644. The average molecular weight is 187 g/mol. The molecule has 0 saturated carbocycles. The van der Waals surface area contributed by atoms with Crippen molar-refractivity contribution in [2.24, 2.45) is 5.92 Å². The monoisotopic (exact) mass is 187 g/mol. The van der Waals surface area contributed by atoms with Gasteiger partial charge in [0.15, 0.2) is 0 Å². The lowest BCUT2D eigenvalue weighted by Gasteiger charge is -2.31. The molecule has 0 bridgehead atoms. The standard InChI is InChI=1S/C9H10F2O2/c1-2-9(11)5-3-4-6(10)7(9)8(12)13/h3-5,7H,2H2,1H3,(H,12,13)/p-1. The van der Waals surface area contributed by atoms with Crippen LogP contribution in [0.5, 0.6) is 0 Å². The molecule has 0 spiro atoms. The van der Waals surface area contributed by atoms with Gasteiger partial charge in [-0.15, -0.1) is 0 Å². The first-order valence-electron chi connectivity index (χ1n) is 3.96. The topological polar surface area (TPSA) is 40.1 Å². The highest BCUT2D eigenvalue weighted by Crippen LogP contribution is 2.36. The summed E-state index contributed by atoms with van der Waals surface area (Å²) < 4.78 is 26.6. The SMILES string of the molecule is CCC1(F)C=CC=C(F)C1C(=O)[O-]. The molecule has 0 radical (unpaired) electrons. The Morgan fingerprint density at radius 3 is 2.77 bits per heavy atom. The Morgan fingerprint density at radius 1 is 1.77 bits per heavy atom. The molecule has 2 nitrogen and oxygen atoms in total. The van der Waals surface area contributed by atoms with E-state index in [4.69, 9.17) is 0 Å². The summed E-state index contributed by atoms with van der Waals surface area (Å²) in [6.45, 7) is 1.46. The number of carboxylic acid groups (broad SMARTS) is 1. The smallest absolute Gasteiger partial charge is 0.143 e. The summed E-state index contributed by atoms with van der Waals surface area (Å²) >= 11 is 0. The fourth-order valence-electron chi connectivity index (χ4n) is 1.35. The van der Waals surface area contributed by atoms with E-state index in [0.29, 0.717) is 0 Å². The van der Waals surface area contributed by atoms with E-state index < -0.39 is 23.4 Å². The van der Waals surface area contributed by atoms with Gasteiger partial charge < -0.3 is 9.90 Å². The van der Waals surface area contributed by atoms with E-state index in [2.05, 4.69) is 0 Å². The Balaban J connectivity index is 3.06. The van der Waals surface area contributed by atoms with Crippen LogP contribution in [0.1, 0.15) is 13.3 Å². The van der Waals surface area contributed by atoms with E-state index in [1.807, 2.05) is 0 Å². The van der Waals surface area contributed by atoms with Crippen molar-refractivity contribution in [1.29, 1.82) is 0 Å². The third-order valence-corrected chi connectivity index (χ3v) is 2.16. The predicted molar refractivity (Wildman–Crippen MR) is 41.0 cm³/mol. The van der Waals surface area contributed by atoms with Gasteiger partial charge in [-0.3, -0.25) is 0 Å². The summed E-state index contributed by atoms with van der Waals surface area (Å²) in [6.07, 6.45) is 3.08. The Morgan fingerprint density at radius 2 is 2.38 bits per heavy atom. The first kappa shape index (κ1) is 9.89. The lowest BCUT2D eigenvalue weighted by molar-refractivity contribution is -0.313. The van der Waals surface area contributed by atoms with E-state index in [1.54, 1.807) is 0 Å². The third kappa shape index (κ3) is 1.61. The fraction of sp³-hybridized carbons (Fsp3) is 0.444. The summed E-state index contributed by atoms with van der Waals surface area (Å²) in [5.41, 5.74) is -2.16. The molecule has 72 valence electrons. The zero-order chi connectivity index (χ0) is 10.1. The number of aliphatic carboxylic acids is 1. The van der Waals surface area contributed by atoms with Crippen LogP contribution < -0.4 is 5.11 Å². The van der Waals surface area contributed by atoms with Crippen LogP contribution in [-0.2, 0) is 4.79 Å². The van der Waals surface area contributed by atoms with Crippen LogP contribution >= 0.6 is 0 Å². The van der Waals surface area contributed by atoms with Crippen LogP contribution in [-0.4, -0.2) is 11.6 Å². The minimum absolute atomic E-state index is 0.0938. The molecule has 0 saturated heterocycles. The van der Waals surface area contributed by atoms with Gasteiger partial charge in [-0.25, -0.2) is 8.78 Å². The molecule has 1 aliphatic rings. The summed E-state index contributed by atoms with van der Waals surface area (Å²) in [4.78, 5) is 10.5. The van der Waals surface area contributed by atoms with E-state index in [-0.39, 0.29) is 6.42 Å². The van der Waals surface area contributed by atoms with Crippen LogP contribution in [0.25, 0.3) is 0 Å². The zero-order valence-corrected chi connectivity index (χ0v) is 7.09. The molecule has 2 unspecified atom stereocenters. The predicted octanol–water partition coefficient (Wildman–Crippen LogP) is 0.894. The zero-order valence-electron chi connectivity index (χ0n) is 7.09. The van der Waals surface area contributed by atoms with Crippen LogP contribution in [0.2, 0.25) is 0 Å². The van der Waals surface area contributed by atoms with E-state index in [1.165, 1.54) is 13.0 Å². The molecule has 0 N–H and O–H groups in total. The minimum atomic E-state index is -2.16. The molecule has 0 aromatic heterocycles. The van der Waals surface area contributed by atoms with Crippen molar-refractivity contribution in [3.8, 4) is 0 Å². The molecule has 2 atom stereocenters. The maximum atomic E-state index is 13.7. The number of hydrogen-bond donors (Lipinski definition) is 0. The van der Waals surface area contributed by atoms with Crippen molar-refractivity contribution in [3.05, 3.63) is 24.1 Å². The molecule has 0 amide bonds. The Labute approximate surface area is 74.6 Å². The number of hydrogen-bond acceptors (Lipinski definition) is 2. The molecule has 0 aromatic carbocycles. The molecule has 0 fully saturated rings.